The van der Waals surface area contributed by atoms with Crippen LogP contribution in [0.5, 0.6) is 11.5 Å². The number of ether oxygens (including phenoxy) is 2. The third-order valence-electron chi connectivity index (χ3n) is 4.26. The third kappa shape index (κ3) is 7.87. The Morgan fingerprint density at radius 2 is 1.70 bits per heavy atom. The predicted molar refractivity (Wildman–Crippen MR) is 125 cm³/mol. The molecular formula is C24H18BrF3O4S. The second-order valence-electron chi connectivity index (χ2n) is 6.65. The molecule has 33 heavy (non-hydrogen) atoms. The van der Waals surface area contributed by atoms with E-state index >= 15 is 0 Å². The van der Waals surface area contributed by atoms with E-state index in [-0.39, 0.29) is 5.75 Å². The van der Waals surface area contributed by atoms with Gasteiger partial charge in [0, 0.05) is 15.1 Å². The molecule has 172 valence electrons. The highest BCUT2D eigenvalue weighted by Gasteiger charge is 2.31. The minimum Gasteiger partial charge on any atom is -0.482 e. The predicted octanol–water partition coefficient (Wildman–Crippen LogP) is 7.04. The van der Waals surface area contributed by atoms with Gasteiger partial charge in [-0.1, -0.05) is 48.5 Å². The summed E-state index contributed by atoms with van der Waals surface area (Å²) in [5.74, 6) is -0.389. The lowest BCUT2D eigenvalue weighted by molar-refractivity contribution is -0.274. The van der Waals surface area contributed by atoms with Crippen molar-refractivity contribution < 1.29 is 32.5 Å². The SMILES string of the molecule is O=C(O)COc1ccc(SC/C=C(/c2ccccc2)c2cccc(OC(F)(F)F)c2)c(Br)c1. The third-order valence-corrected chi connectivity index (χ3v) is 6.17. The lowest BCUT2D eigenvalue weighted by atomic mass is 9.98. The maximum Gasteiger partial charge on any atom is 0.573 e. The smallest absolute Gasteiger partial charge is 0.482 e. The molecule has 0 aromatic heterocycles. The van der Waals surface area contributed by atoms with Crippen LogP contribution in [0.25, 0.3) is 5.57 Å². The van der Waals surface area contributed by atoms with Crippen molar-refractivity contribution in [3.63, 3.8) is 0 Å². The molecule has 9 heteroatoms. The molecule has 0 unspecified atom stereocenters. The van der Waals surface area contributed by atoms with Crippen LogP contribution in [0.15, 0.2) is 88.2 Å². The first-order chi connectivity index (χ1) is 15.7. The first-order valence-electron chi connectivity index (χ1n) is 9.60. The zero-order valence-electron chi connectivity index (χ0n) is 17.0. The van der Waals surface area contributed by atoms with Crippen molar-refractivity contribution in [1.29, 1.82) is 0 Å². The molecule has 0 bridgehead atoms. The Labute approximate surface area is 201 Å². The average molecular weight is 539 g/mol. The minimum absolute atomic E-state index is 0.283. The van der Waals surface area contributed by atoms with E-state index in [1.165, 1.54) is 30.0 Å². The maximum atomic E-state index is 12.7. The van der Waals surface area contributed by atoms with Gasteiger partial charge in [-0.05, 0) is 63.0 Å². The van der Waals surface area contributed by atoms with Crippen LogP contribution in [0.3, 0.4) is 0 Å². The lowest BCUT2D eigenvalue weighted by Crippen LogP contribution is -2.17. The van der Waals surface area contributed by atoms with Gasteiger partial charge in [-0.15, -0.1) is 24.9 Å². The van der Waals surface area contributed by atoms with Crippen LogP contribution in [0.4, 0.5) is 13.2 Å². The lowest BCUT2D eigenvalue weighted by Gasteiger charge is -2.13. The van der Waals surface area contributed by atoms with Crippen molar-refractivity contribution >= 4 is 39.2 Å². The second kappa shape index (κ2) is 11.3. The Bertz CT molecular complexity index is 1130. The van der Waals surface area contributed by atoms with E-state index in [2.05, 4.69) is 20.7 Å². The van der Waals surface area contributed by atoms with E-state index in [1.54, 1.807) is 24.3 Å². The van der Waals surface area contributed by atoms with E-state index in [0.29, 0.717) is 17.1 Å². The summed E-state index contributed by atoms with van der Waals surface area (Å²) in [6.45, 7) is -0.431. The fourth-order valence-electron chi connectivity index (χ4n) is 2.93. The van der Waals surface area contributed by atoms with Gasteiger partial charge < -0.3 is 14.6 Å². The number of carboxylic acid groups (broad SMARTS) is 1. The Morgan fingerprint density at radius 3 is 2.36 bits per heavy atom. The number of rotatable bonds is 9. The highest BCUT2D eigenvalue weighted by molar-refractivity contribution is 9.10. The van der Waals surface area contributed by atoms with Gasteiger partial charge in [-0.3, -0.25) is 0 Å². The zero-order valence-corrected chi connectivity index (χ0v) is 19.4. The van der Waals surface area contributed by atoms with E-state index in [1.807, 2.05) is 36.4 Å². The summed E-state index contributed by atoms with van der Waals surface area (Å²) < 4.78 is 48.0. The van der Waals surface area contributed by atoms with E-state index in [9.17, 15) is 18.0 Å². The van der Waals surface area contributed by atoms with Gasteiger partial charge in [0.25, 0.3) is 0 Å². The molecule has 3 aromatic carbocycles. The Morgan fingerprint density at radius 1 is 0.970 bits per heavy atom. The highest BCUT2D eigenvalue weighted by Crippen LogP contribution is 2.33. The minimum atomic E-state index is -4.77. The Balaban J connectivity index is 1.81. The first kappa shape index (κ1) is 24.7. The molecular weight excluding hydrogens is 521 g/mol. The molecule has 0 radical (unpaired) electrons. The monoisotopic (exact) mass is 538 g/mol. The zero-order chi connectivity index (χ0) is 23.8. The summed E-state index contributed by atoms with van der Waals surface area (Å²) in [5, 5.41) is 8.72. The number of benzene rings is 3. The number of carboxylic acids is 1. The molecule has 0 fully saturated rings. The number of aliphatic carboxylic acids is 1. The van der Waals surface area contributed by atoms with Crippen LogP contribution in [0.1, 0.15) is 11.1 Å². The summed E-state index contributed by atoms with van der Waals surface area (Å²) in [5.41, 5.74) is 2.23. The van der Waals surface area contributed by atoms with Gasteiger partial charge >= 0.3 is 12.3 Å². The van der Waals surface area contributed by atoms with Crippen molar-refractivity contribution in [2.24, 2.45) is 0 Å². The van der Waals surface area contributed by atoms with Crippen molar-refractivity contribution in [2.45, 2.75) is 11.3 Å². The molecule has 3 aromatic rings. The number of thioether (sulfide) groups is 1. The fraction of sp³-hybridized carbons (Fsp3) is 0.125. The summed E-state index contributed by atoms with van der Waals surface area (Å²) in [6, 6.07) is 20.4. The Kier molecular flexibility index (Phi) is 8.46. The van der Waals surface area contributed by atoms with Crippen molar-refractivity contribution in [2.75, 3.05) is 12.4 Å². The standard InChI is InChI=1S/C24H18BrF3O4S/c25-21-14-18(31-15-23(29)30)9-10-22(21)33-12-11-20(16-5-2-1-3-6-16)17-7-4-8-19(13-17)32-24(26,27)28/h1-11,13-14H,12,15H2,(H,29,30)/b20-11-. The molecule has 4 nitrogen and oxygen atoms in total. The molecule has 3 rings (SSSR count). The van der Waals surface area contributed by atoms with Crippen LogP contribution >= 0.6 is 27.7 Å². The van der Waals surface area contributed by atoms with Gasteiger partial charge in [0.2, 0.25) is 0 Å². The quantitative estimate of drug-likeness (QED) is 0.296. The van der Waals surface area contributed by atoms with Crippen molar-refractivity contribution in [1.82, 2.24) is 0 Å². The number of alkyl halides is 3. The summed E-state index contributed by atoms with van der Waals surface area (Å²) in [6.07, 6.45) is -2.83. The highest BCUT2D eigenvalue weighted by atomic mass is 79.9. The van der Waals surface area contributed by atoms with Crippen LogP contribution in [0.2, 0.25) is 0 Å². The number of hydrogen-bond donors (Lipinski definition) is 1. The second-order valence-corrected chi connectivity index (χ2v) is 8.56. The number of hydrogen-bond acceptors (Lipinski definition) is 4. The molecule has 0 aliphatic carbocycles. The fourth-order valence-corrected chi connectivity index (χ4v) is 4.42. The molecule has 0 aliphatic heterocycles. The normalized spacial score (nSPS) is 11.8. The van der Waals surface area contributed by atoms with Gasteiger partial charge in [0.05, 0.1) is 0 Å². The largest absolute Gasteiger partial charge is 0.573 e. The molecule has 0 saturated heterocycles. The van der Waals surface area contributed by atoms with Crippen molar-refractivity contribution in [3.8, 4) is 11.5 Å². The van der Waals surface area contributed by atoms with E-state index in [4.69, 9.17) is 9.84 Å². The van der Waals surface area contributed by atoms with Gasteiger partial charge in [-0.2, -0.15) is 0 Å². The van der Waals surface area contributed by atoms with Crippen LogP contribution in [-0.4, -0.2) is 29.8 Å². The van der Waals surface area contributed by atoms with E-state index < -0.39 is 18.9 Å². The van der Waals surface area contributed by atoms with Gasteiger partial charge in [-0.25, -0.2) is 4.79 Å². The van der Waals surface area contributed by atoms with Crippen LogP contribution in [-0.2, 0) is 4.79 Å². The summed E-state index contributed by atoms with van der Waals surface area (Å²) >= 11 is 4.96. The number of halogens is 4. The molecule has 0 saturated carbocycles. The summed E-state index contributed by atoms with van der Waals surface area (Å²) in [7, 11) is 0. The molecule has 0 amide bonds. The molecule has 0 atom stereocenters. The number of carbonyl (C=O) groups is 1. The molecule has 0 aliphatic rings. The first-order valence-corrected chi connectivity index (χ1v) is 11.4. The average Bonchev–Trinajstić information content (AvgIpc) is 2.76. The van der Waals surface area contributed by atoms with E-state index in [0.717, 1.165) is 20.5 Å². The van der Waals surface area contributed by atoms with Crippen LogP contribution in [0, 0.1) is 0 Å². The maximum absolute atomic E-state index is 12.7. The summed E-state index contributed by atoms with van der Waals surface area (Å²) in [4.78, 5) is 11.5. The topological polar surface area (TPSA) is 55.8 Å². The molecule has 0 spiro atoms. The Hall–Kier alpha value is -2.91. The van der Waals surface area contributed by atoms with Gasteiger partial charge in [0.15, 0.2) is 6.61 Å². The van der Waals surface area contributed by atoms with Crippen LogP contribution < -0.4 is 9.47 Å². The molecule has 1 N–H and O–H groups in total. The van der Waals surface area contributed by atoms with Crippen molar-refractivity contribution in [3.05, 3.63) is 94.5 Å². The molecule has 0 heterocycles. The van der Waals surface area contributed by atoms with Gasteiger partial charge in [0.1, 0.15) is 11.5 Å².